The van der Waals surface area contributed by atoms with Crippen LogP contribution < -0.4 is 19.7 Å². The number of nitrogens with zero attached hydrogens (tertiary/aromatic N) is 8. The minimum absolute atomic E-state index is 0.0568. The Morgan fingerprint density at radius 3 is 1.20 bits per heavy atom. The molecule has 6 aliphatic rings. The molecule has 0 radical (unpaired) electrons. The summed E-state index contributed by atoms with van der Waals surface area (Å²) >= 11 is 19.5. The Bertz CT molecular complexity index is 6330. The highest BCUT2D eigenvalue weighted by Gasteiger charge is 2.55. The lowest BCUT2D eigenvalue weighted by molar-refractivity contribution is 0.00789. The first-order valence-corrected chi connectivity index (χ1v) is 60.3. The fourth-order valence-corrected chi connectivity index (χ4v) is 21.4. The summed E-state index contributed by atoms with van der Waals surface area (Å²) in [6.45, 7) is 39.3. The van der Waals surface area contributed by atoms with Crippen molar-refractivity contribution in [1.29, 1.82) is 15.8 Å². The van der Waals surface area contributed by atoms with Crippen LogP contribution in [0.15, 0.2) is 182 Å². The number of benzene rings is 6. The number of aliphatic hydroxyl groups excluding tert-OH is 1. The predicted molar refractivity (Wildman–Crippen MR) is 538 cm³/mol. The zero-order chi connectivity index (χ0) is 97.1. The van der Waals surface area contributed by atoms with Gasteiger partial charge in [-0.25, -0.2) is 19.3 Å². The van der Waals surface area contributed by atoms with Gasteiger partial charge in [-0.1, -0.05) is 279 Å². The Labute approximate surface area is 813 Å². The van der Waals surface area contributed by atoms with Crippen molar-refractivity contribution in [3.63, 3.8) is 0 Å². The average molecular weight is 1970 g/mol. The summed E-state index contributed by atoms with van der Waals surface area (Å²) in [5.41, 5.74) is 13.7. The first-order valence-electron chi connectivity index (χ1n) is 45.9. The number of rotatable bonds is 26. The van der Waals surface area contributed by atoms with Crippen molar-refractivity contribution in [3.05, 3.63) is 220 Å². The van der Waals surface area contributed by atoms with E-state index in [0.29, 0.717) is 99.0 Å². The molecular weight excluding hydrogens is 1860 g/mol. The molecule has 0 spiro atoms. The molecule has 0 aliphatic carbocycles. The van der Waals surface area contributed by atoms with Gasteiger partial charge in [0.1, 0.15) is 108 Å². The van der Waals surface area contributed by atoms with Crippen LogP contribution >= 0.6 is 34.8 Å². The molecule has 0 bridgehead atoms. The minimum Gasteiger partial charge on any atom is -0.469 e. The average Bonchev–Trinajstić information content (AvgIpc) is 1.59. The molecule has 4 N–H and O–H groups in total. The summed E-state index contributed by atoms with van der Waals surface area (Å²) in [5.74, 6) is 0.246. The van der Waals surface area contributed by atoms with Crippen LogP contribution in [0.4, 0.5) is 4.39 Å². The maximum Gasteiger partial charge on any atom is 0.488 e. The Hall–Kier alpha value is -9.53. The molecule has 34 heteroatoms. The third kappa shape index (κ3) is 22.8. The van der Waals surface area contributed by atoms with E-state index in [9.17, 15) is 25.3 Å². The number of aromatic nitrogens is 6. The van der Waals surface area contributed by atoms with Crippen LogP contribution in [-0.2, 0) is 60.2 Å². The van der Waals surface area contributed by atoms with Crippen LogP contribution in [0.25, 0.3) is 89.0 Å². The molecule has 6 fully saturated rings. The number of hydrogen-bond acceptors (Lipinski definition) is 22. The molecule has 6 aromatic heterocycles. The van der Waals surface area contributed by atoms with Crippen LogP contribution in [-0.4, -0.2) is 210 Å². The van der Waals surface area contributed by atoms with Gasteiger partial charge in [0, 0.05) is 46.6 Å². The van der Waals surface area contributed by atoms with E-state index in [4.69, 9.17) is 116 Å². The van der Waals surface area contributed by atoms with Crippen LogP contribution in [0.2, 0.25) is 103 Å². The van der Waals surface area contributed by atoms with E-state index >= 15 is 0 Å². The van der Waals surface area contributed by atoms with Crippen LogP contribution in [0.3, 0.4) is 0 Å². The second kappa shape index (κ2) is 42.3. The van der Waals surface area contributed by atoms with Crippen LogP contribution in [0.1, 0.15) is 58.2 Å². The normalized spacial score (nSPS) is 21.4. The van der Waals surface area contributed by atoms with Gasteiger partial charge in [0.15, 0.2) is 45.9 Å². The van der Waals surface area contributed by atoms with E-state index in [1.807, 2.05) is 126 Å². The zero-order valence-electron chi connectivity index (χ0n) is 79.5. The van der Waals surface area contributed by atoms with Gasteiger partial charge in [-0.15, -0.1) is 0 Å². The smallest absolute Gasteiger partial charge is 0.469 e. The number of aromatic amines is 1. The van der Waals surface area contributed by atoms with Gasteiger partial charge in [-0.3, -0.25) is 9.13 Å². The van der Waals surface area contributed by atoms with Gasteiger partial charge in [-0.2, -0.15) is 15.8 Å². The Balaban J connectivity index is 0.000000146. The van der Waals surface area contributed by atoms with Crippen molar-refractivity contribution in [2.45, 2.75) is 216 Å². The summed E-state index contributed by atoms with van der Waals surface area (Å²) in [5, 5.41) is 59.1. The predicted octanol–water partition coefficient (Wildman–Crippen LogP) is 20.5. The fraction of sp³-hybridized carbons (Fsp3) is 0.412. The Morgan fingerprint density at radius 1 is 0.441 bits per heavy atom. The molecule has 12 heterocycles. The maximum atomic E-state index is 14.4. The molecule has 12 aromatic rings. The third-order valence-electron chi connectivity index (χ3n) is 26.4. The lowest BCUT2D eigenvalue weighted by atomic mass is 9.80. The monoisotopic (exact) mass is 1970 g/mol. The number of halogens is 4. The first-order chi connectivity index (χ1) is 64.7. The summed E-state index contributed by atoms with van der Waals surface area (Å²) in [4.78, 5) is 17.0. The molecule has 0 amide bonds. The van der Waals surface area contributed by atoms with Gasteiger partial charge in [-0.05, 0) is 99.3 Å². The molecule has 0 unspecified atom stereocenters. The second-order valence-electron chi connectivity index (χ2n) is 40.5. The number of nitrogens with one attached hydrogen (secondary N) is 1. The lowest BCUT2D eigenvalue weighted by Crippen LogP contribution is -2.47. The highest BCUT2D eigenvalue weighted by molar-refractivity contribution is 6.76. The molecular formula is C102H118BCl3FN9O16Si4. The van der Waals surface area contributed by atoms with Crippen molar-refractivity contribution < 1.29 is 80.5 Å². The van der Waals surface area contributed by atoms with Crippen molar-refractivity contribution >= 4 is 113 Å². The fourth-order valence-electron chi connectivity index (χ4n) is 16.6. The second-order valence-corrected chi connectivity index (χ2v) is 62.4. The van der Waals surface area contributed by atoms with E-state index < -0.39 is 76.2 Å². The van der Waals surface area contributed by atoms with E-state index in [1.54, 1.807) is 22.8 Å². The molecule has 714 valence electrons. The number of pyridine rings is 3. The summed E-state index contributed by atoms with van der Waals surface area (Å²) in [7, 11) is -8.10. The summed E-state index contributed by atoms with van der Waals surface area (Å²) < 4.78 is 98.8. The van der Waals surface area contributed by atoms with Gasteiger partial charge in [0.2, 0.25) is 17.6 Å². The number of ether oxygens (including phenoxy) is 11. The van der Waals surface area contributed by atoms with Crippen molar-refractivity contribution in [2.24, 2.45) is 0 Å². The van der Waals surface area contributed by atoms with Crippen molar-refractivity contribution in [2.75, 3.05) is 52.9 Å². The zero-order valence-corrected chi connectivity index (χ0v) is 85.8. The standard InChI is InChI=1S/C38H48ClN3O5Si2.C26H39ClFN3O5Si2.C26H20ClN3O4.C12H11BO2/c1-38(2,3)49(7,8)47-32-23-45-35-31(22-44-36(32)35)46-37-28(21-40)34-30(42(37)24-43-18-19-48(4,5)6)20-29(39)33(41-34)27-16-14-26(15-17-27)25-12-10-9-11-13-25;1-26(2,3)38(7,8)36-20-14-34-22-19(13-33-23(20)22)35-25-16(12-29)21-18(11-17(28)24(27)30-21)31(25)15-32-9-10-37(4,5)6;27-18-10-19-23(30-22(18)16-8-6-15(7-9-16)14-4-2-1-3-5-14)17(11-28)26(29-19)34-21-13-33-24-20(31)12-32-25(21)24;14-13(15)12-8-6-11(7-9-12)10-4-2-1-3-5-10/h9-17,20,31-32,35-36H,18-19,22-24H2,1-8H3;11,19-20,22-23H,9-10,13-15H2,1-8H3;1-10,20-21,24-25,29,31H,12-13H2;1-9,14-15H/t31-,32-,35-,36-;19-,20-,22-,23-;20-,21-,24-,25-;/m111./s1. The van der Waals surface area contributed by atoms with E-state index in [2.05, 4.69) is 172 Å². The minimum atomic E-state index is -2.05. The number of H-pyrrole nitrogens is 1. The third-order valence-corrected chi connectivity index (χ3v) is 39.6. The summed E-state index contributed by atoms with van der Waals surface area (Å²) in [6.07, 6.45) is -4.38. The van der Waals surface area contributed by atoms with E-state index in [0.717, 1.165) is 56.6 Å². The van der Waals surface area contributed by atoms with E-state index in [-0.39, 0.29) is 120 Å². The van der Waals surface area contributed by atoms with Gasteiger partial charge < -0.3 is 81.1 Å². The van der Waals surface area contributed by atoms with Gasteiger partial charge in [0.25, 0.3) is 0 Å². The van der Waals surface area contributed by atoms with Gasteiger partial charge >= 0.3 is 7.12 Å². The Kier molecular flexibility index (Phi) is 31.4. The highest BCUT2D eigenvalue weighted by atomic mass is 35.5. The molecule has 25 nitrogen and oxygen atoms in total. The Morgan fingerprint density at radius 2 is 0.787 bits per heavy atom. The number of nitriles is 3. The topological polar surface area (TPSA) is 316 Å². The van der Waals surface area contributed by atoms with Crippen LogP contribution in [0.5, 0.6) is 17.6 Å². The number of fused-ring (bicyclic) bond motifs is 6. The molecule has 6 aliphatic heterocycles. The highest BCUT2D eigenvalue weighted by Crippen LogP contribution is 2.47. The quantitative estimate of drug-likeness (QED) is 0.0222. The van der Waals surface area contributed by atoms with Gasteiger partial charge in [0.05, 0.1) is 89.8 Å². The maximum absolute atomic E-state index is 14.4. The largest absolute Gasteiger partial charge is 0.488 e. The lowest BCUT2D eigenvalue weighted by Gasteiger charge is -2.39. The van der Waals surface area contributed by atoms with Crippen LogP contribution in [0, 0.1) is 39.8 Å². The SMILES string of the molecule is CC(C)(C)[Si](C)(C)O[C@@H]1CO[C@H]2[C@@H]1OC[C@H]2Oc1c(C#N)c2nc(-c3ccc(-c4ccccc4)cc3)c(Cl)cc2n1COCC[Si](C)(C)C.CC(C)(C)[Si](C)(C)O[C@@H]1CO[C@H]2[C@@H]1OC[C@H]2Oc1c(C#N)c2nc(Cl)c(F)cc2n1COCC[Si](C)(C)C.N#Cc1c(O[C@@H]2CO[C@H]3[C@@H]2OC[C@H]3O)[nH]c2cc(Cl)c(-c3ccc(-c4ccccc4)cc3)nc12.OB(O)c1ccc(-c2ccccc2)cc1. The number of hydrogen-bond donors (Lipinski definition) is 4. The molecule has 12 atom stereocenters. The molecule has 136 heavy (non-hydrogen) atoms. The number of aliphatic hydroxyl groups is 1. The first kappa shape index (κ1) is 101. The van der Waals surface area contributed by atoms with Crippen molar-refractivity contribution in [1.82, 2.24) is 29.1 Å². The van der Waals surface area contributed by atoms with E-state index in [1.165, 1.54) is 6.07 Å². The molecule has 0 saturated carbocycles. The molecule has 6 saturated heterocycles. The molecule has 18 rings (SSSR count). The molecule has 6 aromatic carbocycles. The summed E-state index contributed by atoms with van der Waals surface area (Å²) in [6, 6.07) is 67.2. The van der Waals surface area contributed by atoms with Crippen molar-refractivity contribution in [3.8, 4) is 91.7 Å².